The largest absolute Gasteiger partial charge is 0.456 e. The smallest absolute Gasteiger partial charge is 0.135 e. The molecule has 0 atom stereocenters. The first-order valence-electron chi connectivity index (χ1n) is 15.4. The second-order valence-corrected chi connectivity index (χ2v) is 11.7. The summed E-state index contributed by atoms with van der Waals surface area (Å²) in [6.07, 6.45) is 0. The van der Waals surface area contributed by atoms with E-state index in [0.717, 1.165) is 21.9 Å². The van der Waals surface area contributed by atoms with Crippen molar-refractivity contribution in [1.82, 2.24) is 0 Å². The van der Waals surface area contributed by atoms with E-state index in [1.54, 1.807) is 0 Å². The molecule has 1 heteroatoms. The lowest BCUT2D eigenvalue weighted by molar-refractivity contribution is 0.669. The van der Waals surface area contributed by atoms with Crippen molar-refractivity contribution >= 4 is 43.5 Å². The first kappa shape index (κ1) is 25.6. The molecule has 0 fully saturated rings. The van der Waals surface area contributed by atoms with Gasteiger partial charge in [-0.05, 0) is 102 Å². The Bertz CT molecular complexity index is 2410. The fraction of sp³-hybridized carbons (Fsp3) is 0. The van der Waals surface area contributed by atoms with Crippen LogP contribution in [0.3, 0.4) is 0 Å². The highest BCUT2D eigenvalue weighted by Crippen LogP contribution is 2.46. The van der Waals surface area contributed by atoms with Crippen LogP contribution in [0.4, 0.5) is 0 Å². The average molecular weight is 573 g/mol. The van der Waals surface area contributed by atoms with E-state index in [2.05, 4.69) is 158 Å². The van der Waals surface area contributed by atoms with Crippen LogP contribution < -0.4 is 0 Å². The maximum absolute atomic E-state index is 6.19. The lowest BCUT2D eigenvalue weighted by Crippen LogP contribution is -1.92. The van der Waals surface area contributed by atoms with Gasteiger partial charge >= 0.3 is 0 Å². The first-order chi connectivity index (χ1) is 22.3. The van der Waals surface area contributed by atoms with Crippen LogP contribution in [0.5, 0.6) is 0 Å². The van der Waals surface area contributed by atoms with Crippen molar-refractivity contribution in [2.45, 2.75) is 0 Å². The zero-order valence-electron chi connectivity index (χ0n) is 24.6. The molecule has 0 unspecified atom stereocenters. The molecule has 1 nitrogen and oxygen atoms in total. The van der Waals surface area contributed by atoms with E-state index in [9.17, 15) is 0 Å². The SMILES string of the molecule is c1ccc(-c2cc(-c3ccccc3)cc(-c3c4ccccc4c(-c4ccc5oc6ccccc6c5c4)c4ccccc34)c2)cc1. The number of hydrogen-bond acceptors (Lipinski definition) is 1. The van der Waals surface area contributed by atoms with Crippen LogP contribution in [0.1, 0.15) is 0 Å². The van der Waals surface area contributed by atoms with E-state index in [0.29, 0.717) is 0 Å². The number of fused-ring (bicyclic) bond motifs is 5. The molecule has 1 aromatic heterocycles. The minimum Gasteiger partial charge on any atom is -0.456 e. The third-order valence-electron chi connectivity index (χ3n) is 9.03. The number of benzene rings is 8. The summed E-state index contributed by atoms with van der Waals surface area (Å²) in [5, 5.41) is 7.25. The molecule has 9 aromatic rings. The summed E-state index contributed by atoms with van der Waals surface area (Å²) in [4.78, 5) is 0. The molecule has 0 aliphatic rings. The molecule has 0 N–H and O–H groups in total. The van der Waals surface area contributed by atoms with Gasteiger partial charge in [-0.15, -0.1) is 0 Å². The average Bonchev–Trinajstić information content (AvgIpc) is 3.49. The van der Waals surface area contributed by atoms with Gasteiger partial charge in [0.15, 0.2) is 0 Å². The Balaban J connectivity index is 1.36. The van der Waals surface area contributed by atoms with Crippen LogP contribution in [0.25, 0.3) is 88.0 Å². The molecule has 0 bridgehead atoms. The van der Waals surface area contributed by atoms with E-state index in [4.69, 9.17) is 4.42 Å². The van der Waals surface area contributed by atoms with Crippen LogP contribution in [0.2, 0.25) is 0 Å². The Morgan fingerprint density at radius 3 is 1.22 bits per heavy atom. The normalized spacial score (nSPS) is 11.6. The molecule has 0 spiro atoms. The fourth-order valence-corrected chi connectivity index (χ4v) is 7.00. The minimum atomic E-state index is 0.913. The summed E-state index contributed by atoms with van der Waals surface area (Å²) >= 11 is 0. The molecule has 0 amide bonds. The topological polar surface area (TPSA) is 13.1 Å². The molecule has 0 aliphatic carbocycles. The molecule has 0 aliphatic heterocycles. The maximum atomic E-state index is 6.19. The Morgan fingerprint density at radius 2 is 0.667 bits per heavy atom. The third-order valence-corrected chi connectivity index (χ3v) is 9.03. The summed E-state index contributed by atoms with van der Waals surface area (Å²) in [5.41, 5.74) is 11.6. The van der Waals surface area contributed by atoms with Crippen LogP contribution in [-0.2, 0) is 0 Å². The van der Waals surface area contributed by atoms with Gasteiger partial charge in [0.1, 0.15) is 11.2 Å². The van der Waals surface area contributed by atoms with Gasteiger partial charge in [0.2, 0.25) is 0 Å². The Labute approximate surface area is 261 Å². The Morgan fingerprint density at radius 1 is 0.244 bits per heavy atom. The third kappa shape index (κ3) is 4.24. The lowest BCUT2D eigenvalue weighted by atomic mass is 9.84. The van der Waals surface area contributed by atoms with Crippen molar-refractivity contribution in [3.8, 4) is 44.5 Å². The van der Waals surface area contributed by atoms with Gasteiger partial charge in [-0.2, -0.15) is 0 Å². The number of rotatable bonds is 4. The van der Waals surface area contributed by atoms with Crippen molar-refractivity contribution < 1.29 is 4.42 Å². The molecule has 45 heavy (non-hydrogen) atoms. The van der Waals surface area contributed by atoms with Gasteiger partial charge < -0.3 is 4.42 Å². The summed E-state index contributed by atoms with van der Waals surface area (Å²) in [5.74, 6) is 0. The second-order valence-electron chi connectivity index (χ2n) is 11.7. The predicted molar refractivity (Wildman–Crippen MR) is 190 cm³/mol. The van der Waals surface area contributed by atoms with Crippen molar-refractivity contribution in [2.75, 3.05) is 0 Å². The highest BCUT2D eigenvalue weighted by molar-refractivity contribution is 6.22. The quantitative estimate of drug-likeness (QED) is 0.191. The van der Waals surface area contributed by atoms with Gasteiger partial charge in [-0.25, -0.2) is 0 Å². The van der Waals surface area contributed by atoms with E-state index in [1.165, 1.54) is 66.1 Å². The molecule has 9 rings (SSSR count). The van der Waals surface area contributed by atoms with Crippen LogP contribution >= 0.6 is 0 Å². The second kappa shape index (κ2) is 10.4. The van der Waals surface area contributed by atoms with Crippen LogP contribution in [0.15, 0.2) is 174 Å². The van der Waals surface area contributed by atoms with Crippen molar-refractivity contribution in [2.24, 2.45) is 0 Å². The number of hydrogen-bond donors (Lipinski definition) is 0. The molecule has 1 heterocycles. The van der Waals surface area contributed by atoms with E-state index < -0.39 is 0 Å². The van der Waals surface area contributed by atoms with Gasteiger partial charge in [0, 0.05) is 10.8 Å². The summed E-state index contributed by atoms with van der Waals surface area (Å²) in [6, 6.07) is 61.1. The zero-order chi connectivity index (χ0) is 29.7. The standard InChI is InChI=1S/C44H28O/c1-3-13-29(14-4-1)32-25-33(30-15-5-2-6-16-30)27-34(26-32)44-38-20-9-7-18-36(38)43(37-19-8-10-21-39(37)44)31-23-24-42-40(28-31)35-17-11-12-22-41(35)45-42/h1-28H. The number of furan rings is 1. The van der Waals surface area contributed by atoms with Gasteiger partial charge in [-0.1, -0.05) is 133 Å². The fourth-order valence-electron chi connectivity index (χ4n) is 7.00. The minimum absolute atomic E-state index is 0.913. The number of para-hydroxylation sites is 1. The highest BCUT2D eigenvalue weighted by atomic mass is 16.3. The maximum Gasteiger partial charge on any atom is 0.135 e. The molecule has 0 radical (unpaired) electrons. The first-order valence-corrected chi connectivity index (χ1v) is 15.4. The van der Waals surface area contributed by atoms with Gasteiger partial charge in [0.25, 0.3) is 0 Å². The van der Waals surface area contributed by atoms with Gasteiger partial charge in [-0.3, -0.25) is 0 Å². The van der Waals surface area contributed by atoms with Crippen molar-refractivity contribution in [3.63, 3.8) is 0 Å². The molecule has 210 valence electrons. The molecule has 8 aromatic carbocycles. The van der Waals surface area contributed by atoms with E-state index in [-0.39, 0.29) is 0 Å². The summed E-state index contributed by atoms with van der Waals surface area (Å²) in [7, 11) is 0. The molecular formula is C44H28O. The van der Waals surface area contributed by atoms with Crippen LogP contribution in [0, 0.1) is 0 Å². The van der Waals surface area contributed by atoms with E-state index in [1.807, 2.05) is 12.1 Å². The summed E-state index contributed by atoms with van der Waals surface area (Å²) < 4.78 is 6.19. The molecular weight excluding hydrogens is 544 g/mol. The Hall–Kier alpha value is -5.92. The zero-order valence-corrected chi connectivity index (χ0v) is 24.6. The van der Waals surface area contributed by atoms with Gasteiger partial charge in [0.05, 0.1) is 0 Å². The molecule has 0 saturated carbocycles. The summed E-state index contributed by atoms with van der Waals surface area (Å²) in [6.45, 7) is 0. The highest BCUT2D eigenvalue weighted by Gasteiger charge is 2.19. The van der Waals surface area contributed by atoms with Crippen molar-refractivity contribution in [1.29, 1.82) is 0 Å². The van der Waals surface area contributed by atoms with Crippen LogP contribution in [-0.4, -0.2) is 0 Å². The predicted octanol–water partition coefficient (Wildman–Crippen LogP) is 12.6. The molecule has 0 saturated heterocycles. The monoisotopic (exact) mass is 572 g/mol. The van der Waals surface area contributed by atoms with Crippen molar-refractivity contribution in [3.05, 3.63) is 170 Å². The lowest BCUT2D eigenvalue weighted by Gasteiger charge is -2.19. The van der Waals surface area contributed by atoms with E-state index >= 15 is 0 Å². The Kier molecular flexibility index (Phi) is 5.89.